The van der Waals surface area contributed by atoms with Crippen molar-refractivity contribution in [1.82, 2.24) is 9.88 Å². The normalized spacial score (nSPS) is 16.6. The molecule has 1 aromatic heterocycles. The number of pyridine rings is 1. The first kappa shape index (κ1) is 16.4. The topological polar surface area (TPSA) is 50.3 Å². The molecule has 4 nitrogen and oxygen atoms in total. The van der Waals surface area contributed by atoms with E-state index in [0.29, 0.717) is 18.7 Å². The second-order valence-corrected chi connectivity index (χ2v) is 6.34. The van der Waals surface area contributed by atoms with Crippen molar-refractivity contribution >= 4 is 11.7 Å². The summed E-state index contributed by atoms with van der Waals surface area (Å²) in [6.07, 6.45) is 4.74. The minimum Gasteiger partial charge on any atom is -0.342 e. The monoisotopic (exact) mass is 322 g/mol. The molecule has 24 heavy (non-hydrogen) atoms. The van der Waals surface area contributed by atoms with Gasteiger partial charge in [-0.25, -0.2) is 0 Å². The molecule has 0 N–H and O–H groups in total. The summed E-state index contributed by atoms with van der Waals surface area (Å²) < 4.78 is 0. The number of ketones is 1. The van der Waals surface area contributed by atoms with Gasteiger partial charge in [0, 0.05) is 37.0 Å². The van der Waals surface area contributed by atoms with E-state index in [0.717, 1.165) is 18.4 Å². The number of Topliss-reactive ketones (excluding diaryl/α,β-unsaturated/α-hetero) is 1. The Kier molecular flexibility index (Phi) is 5.04. The summed E-state index contributed by atoms with van der Waals surface area (Å²) in [7, 11) is 0. The largest absolute Gasteiger partial charge is 0.342 e. The number of amides is 1. The maximum absolute atomic E-state index is 12.7. The van der Waals surface area contributed by atoms with Crippen LogP contribution in [-0.2, 0) is 4.79 Å². The van der Waals surface area contributed by atoms with Gasteiger partial charge in [0.15, 0.2) is 5.78 Å². The van der Waals surface area contributed by atoms with E-state index in [1.807, 2.05) is 48.2 Å². The molecule has 0 aliphatic carbocycles. The third kappa shape index (κ3) is 3.53. The maximum atomic E-state index is 12.7. The molecule has 0 radical (unpaired) electrons. The van der Waals surface area contributed by atoms with Gasteiger partial charge in [-0.2, -0.15) is 0 Å². The second-order valence-electron chi connectivity index (χ2n) is 6.34. The van der Waals surface area contributed by atoms with Crippen LogP contribution in [0, 0.1) is 5.92 Å². The summed E-state index contributed by atoms with van der Waals surface area (Å²) in [6, 6.07) is 13.4. The number of aromatic nitrogens is 1. The molecule has 1 atom stereocenters. The smallest absolute Gasteiger partial charge is 0.229 e. The summed E-state index contributed by atoms with van der Waals surface area (Å²) in [5, 5.41) is 0. The van der Waals surface area contributed by atoms with Gasteiger partial charge in [0.25, 0.3) is 0 Å². The van der Waals surface area contributed by atoms with Crippen LogP contribution in [0.1, 0.15) is 41.6 Å². The third-order valence-electron chi connectivity index (χ3n) is 4.79. The number of hydrogen-bond donors (Lipinski definition) is 0. The van der Waals surface area contributed by atoms with E-state index >= 15 is 0 Å². The second kappa shape index (κ2) is 7.39. The van der Waals surface area contributed by atoms with Crippen LogP contribution in [0.25, 0.3) is 0 Å². The quantitative estimate of drug-likeness (QED) is 0.812. The average Bonchev–Trinajstić information content (AvgIpc) is 2.68. The molecule has 1 aliphatic rings. The number of piperidine rings is 1. The van der Waals surface area contributed by atoms with E-state index in [4.69, 9.17) is 0 Å². The van der Waals surface area contributed by atoms with Gasteiger partial charge < -0.3 is 4.90 Å². The molecule has 3 rings (SSSR count). The van der Waals surface area contributed by atoms with Gasteiger partial charge in [-0.15, -0.1) is 0 Å². The van der Waals surface area contributed by atoms with Gasteiger partial charge in [-0.05, 0) is 37.5 Å². The Balaban J connectivity index is 1.59. The van der Waals surface area contributed by atoms with Crippen LogP contribution >= 0.6 is 0 Å². The molecule has 2 heterocycles. The first-order valence-electron chi connectivity index (χ1n) is 8.45. The molecular formula is C20H22N2O2. The molecule has 1 saturated heterocycles. The van der Waals surface area contributed by atoms with Crippen LogP contribution in [0.4, 0.5) is 0 Å². The molecule has 124 valence electrons. The maximum Gasteiger partial charge on any atom is 0.229 e. The molecule has 4 heteroatoms. The highest BCUT2D eigenvalue weighted by Gasteiger charge is 2.30. The summed E-state index contributed by atoms with van der Waals surface area (Å²) in [5.74, 6) is 0.141. The lowest BCUT2D eigenvalue weighted by Crippen LogP contribution is -2.42. The zero-order valence-electron chi connectivity index (χ0n) is 13.9. The Hall–Kier alpha value is -2.49. The van der Waals surface area contributed by atoms with E-state index < -0.39 is 0 Å². The average molecular weight is 322 g/mol. The summed E-state index contributed by atoms with van der Waals surface area (Å²) in [6.45, 7) is 3.24. The van der Waals surface area contributed by atoms with Crippen molar-refractivity contribution in [3.8, 4) is 0 Å². The third-order valence-corrected chi connectivity index (χ3v) is 4.79. The Bertz CT molecular complexity index is 692. The van der Waals surface area contributed by atoms with Gasteiger partial charge >= 0.3 is 0 Å². The van der Waals surface area contributed by atoms with E-state index in [1.54, 1.807) is 18.5 Å². The highest BCUT2D eigenvalue weighted by molar-refractivity contribution is 5.97. The number of likely N-dealkylation sites (tertiary alicyclic amines) is 1. The highest BCUT2D eigenvalue weighted by atomic mass is 16.2. The Morgan fingerprint density at radius 1 is 1.08 bits per heavy atom. The first-order valence-corrected chi connectivity index (χ1v) is 8.45. The van der Waals surface area contributed by atoms with Crippen LogP contribution in [0.15, 0.2) is 54.9 Å². The molecule has 0 saturated carbocycles. The summed E-state index contributed by atoms with van der Waals surface area (Å²) >= 11 is 0. The van der Waals surface area contributed by atoms with Gasteiger partial charge in [-0.3, -0.25) is 14.6 Å². The van der Waals surface area contributed by atoms with Crippen molar-refractivity contribution in [3.05, 3.63) is 66.0 Å². The van der Waals surface area contributed by atoms with Gasteiger partial charge in [0.2, 0.25) is 5.91 Å². The number of carbonyl (C=O) groups is 2. The van der Waals surface area contributed by atoms with Crippen LogP contribution in [0.5, 0.6) is 0 Å². The van der Waals surface area contributed by atoms with Crippen LogP contribution in [-0.4, -0.2) is 34.7 Å². The lowest BCUT2D eigenvalue weighted by Gasteiger charge is -2.33. The SMILES string of the molecule is CC(C(=O)N1CCC(C(=O)c2cccnc2)CC1)c1ccccc1. The number of hydrogen-bond acceptors (Lipinski definition) is 3. The van der Waals surface area contributed by atoms with Gasteiger partial charge in [0.1, 0.15) is 0 Å². The van der Waals surface area contributed by atoms with Crippen molar-refractivity contribution in [1.29, 1.82) is 0 Å². The molecule has 1 aromatic carbocycles. The number of benzene rings is 1. The van der Waals surface area contributed by atoms with Gasteiger partial charge in [0.05, 0.1) is 5.92 Å². The van der Waals surface area contributed by atoms with Crippen molar-refractivity contribution < 1.29 is 9.59 Å². The number of carbonyl (C=O) groups excluding carboxylic acids is 2. The standard InChI is InChI=1S/C20H22N2O2/c1-15(16-6-3-2-4-7-16)20(24)22-12-9-17(10-13-22)19(23)18-8-5-11-21-14-18/h2-8,11,14-15,17H,9-10,12-13H2,1H3. The van der Waals surface area contributed by atoms with E-state index in [1.165, 1.54) is 0 Å². The summed E-state index contributed by atoms with van der Waals surface area (Å²) in [5.41, 5.74) is 1.70. The summed E-state index contributed by atoms with van der Waals surface area (Å²) in [4.78, 5) is 31.1. The zero-order valence-corrected chi connectivity index (χ0v) is 13.9. The molecule has 1 fully saturated rings. The zero-order chi connectivity index (χ0) is 16.9. The van der Waals surface area contributed by atoms with E-state index in [2.05, 4.69) is 4.98 Å². The fourth-order valence-electron chi connectivity index (χ4n) is 3.26. The molecule has 1 amide bonds. The molecule has 0 spiro atoms. The van der Waals surface area contributed by atoms with Crippen LogP contribution in [0.2, 0.25) is 0 Å². The van der Waals surface area contributed by atoms with E-state index in [-0.39, 0.29) is 23.5 Å². The molecule has 0 bridgehead atoms. The van der Waals surface area contributed by atoms with Crippen molar-refractivity contribution in [3.63, 3.8) is 0 Å². The Morgan fingerprint density at radius 3 is 2.42 bits per heavy atom. The molecule has 1 aliphatic heterocycles. The first-order chi connectivity index (χ1) is 11.7. The molecular weight excluding hydrogens is 300 g/mol. The van der Waals surface area contributed by atoms with Crippen LogP contribution < -0.4 is 0 Å². The predicted molar refractivity (Wildman–Crippen MR) is 92.7 cm³/mol. The highest BCUT2D eigenvalue weighted by Crippen LogP contribution is 2.25. The Morgan fingerprint density at radius 2 is 1.79 bits per heavy atom. The fourth-order valence-corrected chi connectivity index (χ4v) is 3.26. The minimum absolute atomic E-state index is 0.00900. The van der Waals surface area contributed by atoms with Crippen molar-refractivity contribution in [2.45, 2.75) is 25.7 Å². The Labute approximate surface area is 142 Å². The van der Waals surface area contributed by atoms with Crippen LogP contribution in [0.3, 0.4) is 0 Å². The lowest BCUT2D eigenvalue weighted by atomic mass is 9.88. The fraction of sp³-hybridized carbons (Fsp3) is 0.350. The van der Waals surface area contributed by atoms with Crippen molar-refractivity contribution in [2.75, 3.05) is 13.1 Å². The lowest BCUT2D eigenvalue weighted by molar-refractivity contribution is -0.133. The molecule has 2 aromatic rings. The predicted octanol–water partition coefficient (Wildman–Crippen LogP) is 3.31. The number of rotatable bonds is 4. The van der Waals surface area contributed by atoms with E-state index in [9.17, 15) is 9.59 Å². The minimum atomic E-state index is -0.142. The van der Waals surface area contributed by atoms with Gasteiger partial charge in [-0.1, -0.05) is 30.3 Å². The van der Waals surface area contributed by atoms with Crippen molar-refractivity contribution in [2.24, 2.45) is 5.92 Å². The number of nitrogens with zero attached hydrogens (tertiary/aromatic N) is 2. The molecule has 1 unspecified atom stereocenters.